The van der Waals surface area contributed by atoms with Crippen LogP contribution in [0.4, 0.5) is 0 Å². The summed E-state index contributed by atoms with van der Waals surface area (Å²) in [5.41, 5.74) is 0. The van der Waals surface area contributed by atoms with Crippen LogP contribution in [0.15, 0.2) is 0 Å². The molecule has 5 heteroatoms. The Morgan fingerprint density at radius 2 is 2.20 bits per heavy atom. The van der Waals surface area contributed by atoms with Gasteiger partial charge in [0.15, 0.2) is 0 Å². The molecule has 2 bridgehead atoms. The molecule has 0 aromatic rings. The van der Waals surface area contributed by atoms with Crippen LogP contribution in [0.1, 0.15) is 19.3 Å². The standard InChI is InChI=1S/C10H16N2O3/c1-11-5-9(13)12-6-2-3-8(12)7(4-6)10(14)15/h6-8,11H,2-5H2,1H3,(H,14,15). The summed E-state index contributed by atoms with van der Waals surface area (Å²) in [6.07, 6.45) is 2.44. The Hall–Kier alpha value is -1.10. The third kappa shape index (κ3) is 1.61. The Balaban J connectivity index is 2.09. The van der Waals surface area contributed by atoms with Gasteiger partial charge >= 0.3 is 5.97 Å². The minimum absolute atomic E-state index is 0.0359. The summed E-state index contributed by atoms with van der Waals surface area (Å²) in [5, 5.41) is 11.8. The van der Waals surface area contributed by atoms with Crippen LogP contribution in [-0.4, -0.2) is 47.6 Å². The molecule has 2 heterocycles. The number of amides is 1. The van der Waals surface area contributed by atoms with Gasteiger partial charge in [0.2, 0.25) is 5.91 Å². The molecule has 0 aromatic heterocycles. The maximum Gasteiger partial charge on any atom is 0.308 e. The lowest BCUT2D eigenvalue weighted by Crippen LogP contribution is -2.42. The zero-order valence-electron chi connectivity index (χ0n) is 8.77. The van der Waals surface area contributed by atoms with E-state index in [9.17, 15) is 9.59 Å². The second kappa shape index (κ2) is 3.81. The quantitative estimate of drug-likeness (QED) is 0.672. The lowest BCUT2D eigenvalue weighted by atomic mass is 9.89. The summed E-state index contributed by atoms with van der Waals surface area (Å²) >= 11 is 0. The molecule has 0 spiro atoms. The van der Waals surface area contributed by atoms with Gasteiger partial charge in [0.1, 0.15) is 0 Å². The van der Waals surface area contributed by atoms with Crippen molar-refractivity contribution in [2.24, 2.45) is 5.92 Å². The van der Waals surface area contributed by atoms with E-state index in [4.69, 9.17) is 5.11 Å². The molecule has 0 aromatic carbocycles. The Morgan fingerprint density at radius 3 is 2.73 bits per heavy atom. The minimum atomic E-state index is -0.760. The number of likely N-dealkylation sites (N-methyl/N-ethyl adjacent to an activating group) is 1. The molecule has 0 radical (unpaired) electrons. The number of hydrogen-bond donors (Lipinski definition) is 2. The molecule has 0 saturated carbocycles. The van der Waals surface area contributed by atoms with Crippen molar-refractivity contribution in [2.45, 2.75) is 31.3 Å². The molecule has 2 fully saturated rings. The third-order valence-corrected chi connectivity index (χ3v) is 3.47. The van der Waals surface area contributed by atoms with Crippen LogP contribution in [0.5, 0.6) is 0 Å². The van der Waals surface area contributed by atoms with E-state index in [0.717, 1.165) is 12.8 Å². The number of carboxylic acid groups (broad SMARTS) is 1. The maximum absolute atomic E-state index is 11.7. The number of aliphatic carboxylic acids is 1. The van der Waals surface area contributed by atoms with E-state index in [1.807, 2.05) is 0 Å². The SMILES string of the molecule is CNCC(=O)N1C2CCC1C(C(=O)O)C2. The molecule has 2 aliphatic rings. The lowest BCUT2D eigenvalue weighted by Gasteiger charge is -2.22. The van der Waals surface area contributed by atoms with Crippen LogP contribution in [0.2, 0.25) is 0 Å². The van der Waals surface area contributed by atoms with E-state index in [1.165, 1.54) is 0 Å². The fourth-order valence-corrected chi connectivity index (χ4v) is 2.89. The monoisotopic (exact) mass is 212 g/mol. The normalized spacial score (nSPS) is 33.4. The average Bonchev–Trinajstić information content (AvgIpc) is 2.74. The Labute approximate surface area is 88.4 Å². The van der Waals surface area contributed by atoms with Crippen LogP contribution in [0.3, 0.4) is 0 Å². The molecule has 2 N–H and O–H groups in total. The van der Waals surface area contributed by atoms with Gasteiger partial charge in [-0.1, -0.05) is 0 Å². The van der Waals surface area contributed by atoms with Gasteiger partial charge in [0, 0.05) is 12.1 Å². The van der Waals surface area contributed by atoms with Gasteiger partial charge in [0.25, 0.3) is 0 Å². The Kier molecular flexibility index (Phi) is 2.65. The van der Waals surface area contributed by atoms with Gasteiger partial charge in [-0.05, 0) is 26.3 Å². The van der Waals surface area contributed by atoms with Crippen LogP contribution in [0.25, 0.3) is 0 Å². The number of carboxylic acids is 1. The van der Waals surface area contributed by atoms with E-state index in [0.29, 0.717) is 13.0 Å². The first-order chi connectivity index (χ1) is 7.15. The van der Waals surface area contributed by atoms with Crippen molar-refractivity contribution in [2.75, 3.05) is 13.6 Å². The van der Waals surface area contributed by atoms with E-state index < -0.39 is 5.97 Å². The van der Waals surface area contributed by atoms with Gasteiger partial charge in [0.05, 0.1) is 12.5 Å². The lowest BCUT2D eigenvalue weighted by molar-refractivity contribution is -0.143. The Morgan fingerprint density at radius 1 is 1.47 bits per heavy atom. The van der Waals surface area contributed by atoms with Crippen molar-refractivity contribution in [1.29, 1.82) is 0 Å². The number of carbonyl (C=O) groups excluding carboxylic acids is 1. The number of hydrogen-bond acceptors (Lipinski definition) is 3. The van der Waals surface area contributed by atoms with Crippen LogP contribution in [0, 0.1) is 5.92 Å². The van der Waals surface area contributed by atoms with Crippen molar-refractivity contribution in [3.8, 4) is 0 Å². The first-order valence-electron chi connectivity index (χ1n) is 5.33. The molecule has 0 aliphatic carbocycles. The fourth-order valence-electron chi connectivity index (χ4n) is 2.89. The van der Waals surface area contributed by atoms with Gasteiger partial charge in [-0.3, -0.25) is 9.59 Å². The van der Waals surface area contributed by atoms with Crippen molar-refractivity contribution in [3.05, 3.63) is 0 Å². The maximum atomic E-state index is 11.7. The number of nitrogens with one attached hydrogen (secondary N) is 1. The number of carbonyl (C=O) groups is 2. The van der Waals surface area contributed by atoms with Crippen LogP contribution < -0.4 is 5.32 Å². The largest absolute Gasteiger partial charge is 0.481 e. The zero-order chi connectivity index (χ0) is 11.0. The van der Waals surface area contributed by atoms with Gasteiger partial charge in [-0.15, -0.1) is 0 Å². The minimum Gasteiger partial charge on any atom is -0.481 e. The molecule has 5 nitrogen and oxygen atoms in total. The van der Waals surface area contributed by atoms with Crippen LogP contribution >= 0.6 is 0 Å². The molecule has 84 valence electrons. The van der Waals surface area contributed by atoms with Crippen LogP contribution in [-0.2, 0) is 9.59 Å². The highest BCUT2D eigenvalue weighted by Crippen LogP contribution is 2.41. The molecular weight excluding hydrogens is 196 g/mol. The summed E-state index contributed by atoms with van der Waals surface area (Å²) in [7, 11) is 1.73. The highest BCUT2D eigenvalue weighted by atomic mass is 16.4. The number of rotatable bonds is 3. The molecule has 2 aliphatic heterocycles. The first kappa shape index (κ1) is 10.4. The van der Waals surface area contributed by atoms with E-state index in [1.54, 1.807) is 11.9 Å². The fraction of sp³-hybridized carbons (Fsp3) is 0.800. The predicted molar refractivity (Wildman–Crippen MR) is 53.3 cm³/mol. The second-order valence-electron chi connectivity index (χ2n) is 4.31. The summed E-state index contributed by atoms with van der Waals surface area (Å²) < 4.78 is 0. The summed E-state index contributed by atoms with van der Waals surface area (Å²) in [6.45, 7) is 0.305. The van der Waals surface area contributed by atoms with E-state index in [2.05, 4.69) is 5.32 Å². The molecule has 1 amide bonds. The van der Waals surface area contributed by atoms with Crippen molar-refractivity contribution < 1.29 is 14.7 Å². The highest BCUT2D eigenvalue weighted by Gasteiger charge is 2.50. The summed E-state index contributed by atoms with van der Waals surface area (Å²) in [6, 6.07) is 0.102. The molecule has 2 saturated heterocycles. The van der Waals surface area contributed by atoms with E-state index >= 15 is 0 Å². The van der Waals surface area contributed by atoms with Gasteiger partial charge < -0.3 is 15.3 Å². The zero-order valence-corrected chi connectivity index (χ0v) is 8.77. The third-order valence-electron chi connectivity index (χ3n) is 3.47. The summed E-state index contributed by atoms with van der Waals surface area (Å²) in [5.74, 6) is -1.07. The average molecular weight is 212 g/mol. The molecule has 15 heavy (non-hydrogen) atoms. The topological polar surface area (TPSA) is 69.6 Å². The van der Waals surface area contributed by atoms with Gasteiger partial charge in [-0.2, -0.15) is 0 Å². The smallest absolute Gasteiger partial charge is 0.308 e. The summed E-state index contributed by atoms with van der Waals surface area (Å²) in [4.78, 5) is 24.5. The number of nitrogens with zero attached hydrogens (tertiary/aromatic N) is 1. The van der Waals surface area contributed by atoms with Gasteiger partial charge in [-0.25, -0.2) is 0 Å². The molecule has 3 atom stereocenters. The van der Waals surface area contributed by atoms with Crippen molar-refractivity contribution in [1.82, 2.24) is 10.2 Å². The Bertz CT molecular complexity index is 292. The number of fused-ring (bicyclic) bond motifs is 2. The highest BCUT2D eigenvalue weighted by molar-refractivity contribution is 5.82. The van der Waals surface area contributed by atoms with E-state index in [-0.39, 0.29) is 23.9 Å². The first-order valence-corrected chi connectivity index (χ1v) is 5.33. The van der Waals surface area contributed by atoms with Crippen molar-refractivity contribution >= 4 is 11.9 Å². The predicted octanol–water partition coefficient (Wildman–Crippen LogP) is -0.330. The molecular formula is C10H16N2O3. The molecule has 2 rings (SSSR count). The van der Waals surface area contributed by atoms with Crippen molar-refractivity contribution in [3.63, 3.8) is 0 Å². The second-order valence-corrected chi connectivity index (χ2v) is 4.31. The molecule has 3 unspecified atom stereocenters.